The van der Waals surface area contributed by atoms with Gasteiger partial charge in [-0.05, 0) is 37.5 Å². The topological polar surface area (TPSA) is 40.5 Å². The molecule has 1 N–H and O–H groups in total. The van der Waals surface area contributed by atoms with Gasteiger partial charge in [-0.2, -0.15) is 0 Å². The molecule has 0 bridgehead atoms. The molecular weight excluding hydrogens is 250 g/mol. The van der Waals surface area contributed by atoms with Crippen molar-refractivity contribution in [1.82, 2.24) is 4.90 Å². The van der Waals surface area contributed by atoms with Crippen LogP contribution < -0.4 is 0 Å². The Balaban J connectivity index is 2.13. The van der Waals surface area contributed by atoms with Crippen LogP contribution in [0.3, 0.4) is 0 Å². The number of piperidine rings is 1. The molecule has 1 unspecified atom stereocenters. The smallest absolute Gasteiger partial charge is 0.223 e. The Bertz CT molecular complexity index is 527. The van der Waals surface area contributed by atoms with E-state index in [2.05, 4.69) is 18.8 Å². The highest BCUT2D eigenvalue weighted by atomic mass is 16.2. The van der Waals surface area contributed by atoms with Gasteiger partial charge >= 0.3 is 0 Å². The van der Waals surface area contributed by atoms with Crippen LogP contribution in [0, 0.1) is 11.8 Å². The van der Waals surface area contributed by atoms with Gasteiger partial charge in [-0.3, -0.25) is 4.79 Å². The Hall–Kier alpha value is -1.79. The average molecular weight is 271 g/mol. The molecule has 3 heteroatoms. The van der Waals surface area contributed by atoms with Crippen LogP contribution in [0.5, 0.6) is 0 Å². The highest BCUT2D eigenvalue weighted by Gasteiger charge is 2.23. The first-order chi connectivity index (χ1) is 9.72. The monoisotopic (exact) mass is 271 g/mol. The minimum Gasteiger partial charge on any atom is -0.395 e. The van der Waals surface area contributed by atoms with E-state index in [4.69, 9.17) is 5.11 Å². The molecule has 1 aromatic rings. The Morgan fingerprint density at radius 3 is 3.00 bits per heavy atom. The summed E-state index contributed by atoms with van der Waals surface area (Å²) in [5.74, 6) is 6.22. The van der Waals surface area contributed by atoms with Gasteiger partial charge in [0, 0.05) is 24.9 Å². The molecule has 1 aliphatic rings. The van der Waals surface area contributed by atoms with Crippen LogP contribution in [0.4, 0.5) is 0 Å². The lowest BCUT2D eigenvalue weighted by Crippen LogP contribution is -2.37. The predicted molar refractivity (Wildman–Crippen MR) is 79.0 cm³/mol. The number of nitrogens with zero attached hydrogens (tertiary/aromatic N) is 1. The molecule has 1 atom stereocenters. The second-order valence-corrected chi connectivity index (χ2v) is 5.12. The van der Waals surface area contributed by atoms with Crippen molar-refractivity contribution in [3.8, 4) is 11.8 Å². The fourth-order valence-electron chi connectivity index (χ4n) is 2.51. The molecule has 1 heterocycles. The van der Waals surface area contributed by atoms with E-state index in [0.29, 0.717) is 12.8 Å². The molecule has 0 spiro atoms. The van der Waals surface area contributed by atoms with E-state index in [1.165, 1.54) is 0 Å². The molecule has 1 amide bonds. The SMILES string of the molecule is CC(c1cccc(C#CCCO)c1)N1CCCCC1=O. The van der Waals surface area contributed by atoms with Gasteiger partial charge in [-0.25, -0.2) is 0 Å². The Labute approximate surface area is 120 Å². The van der Waals surface area contributed by atoms with E-state index in [0.717, 1.165) is 30.5 Å². The minimum absolute atomic E-state index is 0.0887. The van der Waals surface area contributed by atoms with Crippen molar-refractivity contribution >= 4 is 5.91 Å². The molecule has 1 aromatic carbocycles. The van der Waals surface area contributed by atoms with Crippen molar-refractivity contribution < 1.29 is 9.90 Å². The van der Waals surface area contributed by atoms with Gasteiger partial charge in [-0.15, -0.1) is 0 Å². The molecule has 106 valence electrons. The number of likely N-dealkylation sites (tertiary alicyclic amines) is 1. The van der Waals surface area contributed by atoms with Crippen molar-refractivity contribution in [2.24, 2.45) is 0 Å². The third-order valence-corrected chi connectivity index (χ3v) is 3.67. The summed E-state index contributed by atoms with van der Waals surface area (Å²) in [5, 5.41) is 8.74. The highest BCUT2D eigenvalue weighted by molar-refractivity contribution is 5.77. The van der Waals surface area contributed by atoms with Crippen LogP contribution in [0.25, 0.3) is 0 Å². The van der Waals surface area contributed by atoms with Gasteiger partial charge in [0.2, 0.25) is 5.91 Å². The van der Waals surface area contributed by atoms with Gasteiger partial charge in [0.05, 0.1) is 12.6 Å². The van der Waals surface area contributed by atoms with Crippen molar-refractivity contribution in [3.63, 3.8) is 0 Å². The van der Waals surface area contributed by atoms with E-state index >= 15 is 0 Å². The van der Waals surface area contributed by atoms with Crippen LogP contribution in [0.15, 0.2) is 24.3 Å². The van der Waals surface area contributed by atoms with Gasteiger partial charge < -0.3 is 10.0 Å². The summed E-state index contributed by atoms with van der Waals surface area (Å²) in [6.07, 6.45) is 3.26. The largest absolute Gasteiger partial charge is 0.395 e. The van der Waals surface area contributed by atoms with Crippen LogP contribution in [0.1, 0.15) is 49.8 Å². The number of aliphatic hydroxyl groups is 1. The first-order valence-corrected chi connectivity index (χ1v) is 7.21. The Kier molecular flexibility index (Phi) is 5.20. The van der Waals surface area contributed by atoms with Crippen molar-refractivity contribution in [3.05, 3.63) is 35.4 Å². The highest BCUT2D eigenvalue weighted by Crippen LogP contribution is 2.25. The predicted octanol–water partition coefficient (Wildman–Crippen LogP) is 2.49. The summed E-state index contributed by atoms with van der Waals surface area (Å²) >= 11 is 0. The van der Waals surface area contributed by atoms with Gasteiger partial charge in [0.1, 0.15) is 0 Å². The maximum absolute atomic E-state index is 12.0. The maximum atomic E-state index is 12.0. The van der Waals surface area contributed by atoms with Gasteiger partial charge in [0.25, 0.3) is 0 Å². The number of hydrogen-bond donors (Lipinski definition) is 1. The normalized spacial score (nSPS) is 16.5. The molecule has 1 aliphatic heterocycles. The van der Waals surface area contributed by atoms with Crippen molar-refractivity contribution in [1.29, 1.82) is 0 Å². The fraction of sp³-hybridized carbons (Fsp3) is 0.471. The fourth-order valence-corrected chi connectivity index (χ4v) is 2.51. The van der Waals surface area contributed by atoms with Crippen LogP contribution in [0.2, 0.25) is 0 Å². The number of rotatable bonds is 3. The summed E-state index contributed by atoms with van der Waals surface area (Å²) in [6.45, 7) is 3.01. The zero-order valence-electron chi connectivity index (χ0n) is 11.9. The maximum Gasteiger partial charge on any atom is 0.223 e. The van der Waals surface area contributed by atoms with E-state index in [1.807, 2.05) is 29.2 Å². The molecule has 2 rings (SSSR count). The summed E-state index contributed by atoms with van der Waals surface area (Å²) in [7, 11) is 0. The lowest BCUT2D eigenvalue weighted by atomic mass is 10.0. The molecule has 0 radical (unpaired) electrons. The third-order valence-electron chi connectivity index (χ3n) is 3.67. The molecule has 0 aliphatic carbocycles. The minimum atomic E-state index is 0.0887. The molecule has 20 heavy (non-hydrogen) atoms. The van der Waals surface area contributed by atoms with Crippen LogP contribution >= 0.6 is 0 Å². The first kappa shape index (κ1) is 14.6. The lowest BCUT2D eigenvalue weighted by Gasteiger charge is -2.32. The average Bonchev–Trinajstić information content (AvgIpc) is 2.48. The molecule has 1 saturated heterocycles. The van der Waals surface area contributed by atoms with Crippen LogP contribution in [-0.4, -0.2) is 29.1 Å². The lowest BCUT2D eigenvalue weighted by molar-refractivity contribution is -0.135. The zero-order chi connectivity index (χ0) is 14.4. The number of amides is 1. The number of carbonyl (C=O) groups is 1. The van der Waals surface area contributed by atoms with E-state index < -0.39 is 0 Å². The number of benzene rings is 1. The molecule has 3 nitrogen and oxygen atoms in total. The second-order valence-electron chi connectivity index (χ2n) is 5.12. The van der Waals surface area contributed by atoms with E-state index in [-0.39, 0.29) is 18.6 Å². The molecule has 0 aromatic heterocycles. The quantitative estimate of drug-likeness (QED) is 0.858. The van der Waals surface area contributed by atoms with E-state index in [9.17, 15) is 4.79 Å². The van der Waals surface area contributed by atoms with Crippen molar-refractivity contribution in [2.45, 2.75) is 38.6 Å². The Morgan fingerprint density at radius 2 is 2.25 bits per heavy atom. The number of aliphatic hydroxyl groups excluding tert-OH is 1. The summed E-state index contributed by atoms with van der Waals surface area (Å²) in [4.78, 5) is 13.9. The van der Waals surface area contributed by atoms with Crippen LogP contribution in [-0.2, 0) is 4.79 Å². The summed E-state index contributed by atoms with van der Waals surface area (Å²) < 4.78 is 0. The molecule has 0 saturated carbocycles. The zero-order valence-corrected chi connectivity index (χ0v) is 11.9. The summed E-state index contributed by atoms with van der Waals surface area (Å²) in [6, 6.07) is 8.12. The second kappa shape index (κ2) is 7.12. The van der Waals surface area contributed by atoms with Gasteiger partial charge in [0.15, 0.2) is 0 Å². The first-order valence-electron chi connectivity index (χ1n) is 7.21. The summed E-state index contributed by atoms with van der Waals surface area (Å²) in [5.41, 5.74) is 2.06. The molecule has 1 fully saturated rings. The number of carbonyl (C=O) groups excluding carboxylic acids is 1. The number of hydrogen-bond acceptors (Lipinski definition) is 2. The van der Waals surface area contributed by atoms with Crippen molar-refractivity contribution in [2.75, 3.05) is 13.2 Å². The third kappa shape index (κ3) is 3.61. The standard InChI is InChI=1S/C17H21NO2/c1-14(18-11-4-2-10-17(18)20)16-9-6-8-15(13-16)7-3-5-12-19/h6,8-9,13-14,19H,2,4-5,10-12H2,1H3. The molecular formula is C17H21NO2. The van der Waals surface area contributed by atoms with Gasteiger partial charge in [-0.1, -0.05) is 24.0 Å². The van der Waals surface area contributed by atoms with E-state index in [1.54, 1.807) is 0 Å². The Morgan fingerprint density at radius 1 is 1.40 bits per heavy atom.